The van der Waals surface area contributed by atoms with Gasteiger partial charge in [0.05, 0.1) is 37.4 Å². The summed E-state index contributed by atoms with van der Waals surface area (Å²) < 4.78 is 37.4. The number of aliphatic hydroxyl groups is 1. The van der Waals surface area contributed by atoms with Gasteiger partial charge in [0.2, 0.25) is 5.88 Å². The Hall–Kier alpha value is -4.11. The molecule has 49 heavy (non-hydrogen) atoms. The van der Waals surface area contributed by atoms with Crippen molar-refractivity contribution in [3.05, 3.63) is 97.8 Å². The molecule has 1 aliphatic rings. The number of fused-ring (bicyclic) bond motifs is 1. The van der Waals surface area contributed by atoms with Gasteiger partial charge in [-0.05, 0) is 18.0 Å². The molecule has 0 unspecified atom stereocenters. The molecule has 4 heterocycles. The first-order valence-corrected chi connectivity index (χ1v) is 15.2. The van der Waals surface area contributed by atoms with Crippen molar-refractivity contribution in [2.75, 3.05) is 20.3 Å². The fourth-order valence-corrected chi connectivity index (χ4v) is 5.48. The van der Waals surface area contributed by atoms with E-state index in [1.165, 1.54) is 14.1 Å². The molecule has 12 nitrogen and oxygen atoms in total. The summed E-state index contributed by atoms with van der Waals surface area (Å²) in [6, 6.07) is 14.9. The number of halogens is 3. The number of alkyl halides is 2. The van der Waals surface area contributed by atoms with Crippen LogP contribution < -0.4 is 21.3 Å². The Morgan fingerprint density at radius 2 is 1.88 bits per heavy atom. The molecule has 257 valence electrons. The Labute approximate surface area is 295 Å². The summed E-state index contributed by atoms with van der Waals surface area (Å²) in [6.45, 7) is 3.42. The summed E-state index contributed by atoms with van der Waals surface area (Å²) in [6.07, 6.45) is 1.22. The molecule has 2 aromatic carbocycles. The van der Waals surface area contributed by atoms with E-state index in [2.05, 4.69) is 37.5 Å². The Bertz CT molecular complexity index is 2060. The minimum atomic E-state index is -2.88. The van der Waals surface area contributed by atoms with Crippen molar-refractivity contribution < 1.29 is 40.4 Å². The molecule has 16 heteroatoms. The molecule has 1 fully saturated rings. The number of aromatic nitrogens is 6. The van der Waals surface area contributed by atoms with Crippen molar-refractivity contribution >= 4 is 22.6 Å². The number of benzene rings is 2. The van der Waals surface area contributed by atoms with E-state index in [4.69, 9.17) is 21.1 Å². The Kier molecular flexibility index (Phi) is 12.7. The molecule has 6 rings (SSSR count). The van der Waals surface area contributed by atoms with Crippen LogP contribution in [-0.4, -0.2) is 66.6 Å². The van der Waals surface area contributed by atoms with Crippen LogP contribution in [-0.2, 0) is 42.4 Å². The van der Waals surface area contributed by atoms with Crippen LogP contribution in [0.2, 0.25) is 5.02 Å². The first-order valence-electron chi connectivity index (χ1n) is 14.8. The summed E-state index contributed by atoms with van der Waals surface area (Å²) in [5.74, 6) is -0.335. The van der Waals surface area contributed by atoms with Crippen LogP contribution in [0.15, 0.2) is 52.2 Å². The number of hydrogen-bond donors (Lipinski definition) is 2. The third-order valence-corrected chi connectivity index (χ3v) is 8.23. The number of rotatable bonds is 7. The predicted octanol–water partition coefficient (Wildman–Crippen LogP) is 3.58. The van der Waals surface area contributed by atoms with E-state index >= 15 is 0 Å². The maximum atomic E-state index is 12.4. The average Bonchev–Trinajstić information content (AvgIpc) is 3.10. The molecule has 0 saturated carbocycles. The van der Waals surface area contributed by atoms with E-state index in [0.29, 0.717) is 42.0 Å². The smallest absolute Gasteiger partial charge is 0.480 e. The molecule has 1 radical (unpaired) electrons. The normalized spacial score (nSPS) is 15.8. The summed E-state index contributed by atoms with van der Waals surface area (Å²) in [7, 11) is 4.18. The van der Waals surface area contributed by atoms with Gasteiger partial charge < -0.3 is 43.8 Å². The quantitative estimate of drug-likeness (QED) is 0.188. The summed E-state index contributed by atoms with van der Waals surface area (Å²) >= 11 is 6.79. The number of ether oxygens (including phenoxy) is 2. The third-order valence-electron chi connectivity index (χ3n) is 7.82. The van der Waals surface area contributed by atoms with Gasteiger partial charge in [-0.3, -0.25) is 4.98 Å². The van der Waals surface area contributed by atoms with Crippen LogP contribution in [0.5, 0.6) is 5.88 Å². The van der Waals surface area contributed by atoms with Crippen LogP contribution in [0.25, 0.3) is 33.4 Å². The number of hydrogen-bond acceptors (Lipinski definition) is 10. The molecule has 0 bridgehead atoms. The maximum absolute atomic E-state index is 12.4. The minimum Gasteiger partial charge on any atom is -0.480 e. The molecule has 2 atom stereocenters. The van der Waals surface area contributed by atoms with Gasteiger partial charge in [-0.1, -0.05) is 42.3 Å². The van der Waals surface area contributed by atoms with Gasteiger partial charge in [0.25, 0.3) is 6.43 Å². The Morgan fingerprint density at radius 3 is 2.57 bits per heavy atom. The largest absolute Gasteiger partial charge is 2.00 e. The van der Waals surface area contributed by atoms with E-state index in [1.807, 2.05) is 43.3 Å². The van der Waals surface area contributed by atoms with Crippen LogP contribution in [0.4, 0.5) is 8.78 Å². The zero-order chi connectivity index (χ0) is 34.5. The van der Waals surface area contributed by atoms with Crippen LogP contribution in [0, 0.1) is 19.2 Å². The van der Waals surface area contributed by atoms with Gasteiger partial charge >= 0.3 is 22.8 Å². The number of aliphatic hydroxyl groups excluding tert-OH is 1. The van der Waals surface area contributed by atoms with Crippen molar-refractivity contribution in [3.8, 4) is 28.3 Å². The van der Waals surface area contributed by atoms with Crippen molar-refractivity contribution in [1.29, 1.82) is 0 Å². The van der Waals surface area contributed by atoms with Gasteiger partial charge in [-0.25, -0.2) is 18.6 Å². The van der Waals surface area contributed by atoms with Gasteiger partial charge in [-0.2, -0.15) is 29.8 Å². The Balaban J connectivity index is 0.000000255. The average molecular weight is 735 g/mol. The summed E-state index contributed by atoms with van der Waals surface area (Å²) in [4.78, 5) is 39.2. The Morgan fingerprint density at radius 1 is 1.14 bits per heavy atom. The maximum Gasteiger partial charge on any atom is 2.00 e. The summed E-state index contributed by atoms with van der Waals surface area (Å²) in [5.41, 5.74) is 3.62. The zero-order valence-corrected chi connectivity index (χ0v) is 28.8. The number of aryl methyl sites for hydroxylation is 2. The van der Waals surface area contributed by atoms with Crippen molar-refractivity contribution in [2.45, 2.75) is 38.5 Å². The summed E-state index contributed by atoms with van der Waals surface area (Å²) in [5, 5.41) is 13.9. The van der Waals surface area contributed by atoms with Crippen LogP contribution in [0.3, 0.4) is 0 Å². The molecule has 1 saturated heterocycles. The molecule has 5 aromatic rings. The second-order valence-corrected chi connectivity index (χ2v) is 11.3. The standard InChI is InChI=1S/C24H25ClN3O3.C9H7F2N4O2.Mn/c1-15-6-3-4-7-16(15)17-8-5-9-18(23(17)25)20-12-27-21(24(28-20)30-2)13-26-19-10-11-31-14-22(19)29;1-14-7-4(8(16)15(2)9(14)17)3-12-6(13-7)5(10)11;/h3-5,7-9,12,19,22,26,29H,10-11,13-14H2,1-2H3;5H,1-2H3;/q2*-1;+2/t19-,22+;;/m0../s1. The molecular weight excluding hydrogens is 703 g/mol. The number of nitrogens with zero attached hydrogens (tertiary/aromatic N) is 6. The number of nitrogens with one attached hydrogen (secondary N) is 1. The second kappa shape index (κ2) is 16.5. The van der Waals surface area contributed by atoms with E-state index in [9.17, 15) is 23.5 Å². The van der Waals surface area contributed by atoms with E-state index in [0.717, 1.165) is 37.8 Å². The first-order chi connectivity index (χ1) is 23.0. The van der Waals surface area contributed by atoms with Gasteiger partial charge in [0, 0.05) is 43.9 Å². The van der Waals surface area contributed by atoms with Gasteiger partial charge in [0.15, 0.2) is 5.56 Å². The molecule has 0 amide bonds. The second-order valence-electron chi connectivity index (χ2n) is 10.9. The van der Waals surface area contributed by atoms with Gasteiger partial charge in [0.1, 0.15) is 11.5 Å². The van der Waals surface area contributed by atoms with E-state index in [-0.39, 0.29) is 34.1 Å². The van der Waals surface area contributed by atoms with Crippen molar-refractivity contribution in [3.63, 3.8) is 0 Å². The molecule has 0 spiro atoms. The van der Waals surface area contributed by atoms with Crippen LogP contribution in [0.1, 0.15) is 29.9 Å². The van der Waals surface area contributed by atoms with Crippen LogP contribution >= 0.6 is 11.6 Å². The molecule has 1 aliphatic heterocycles. The molecule has 3 aromatic heterocycles. The van der Waals surface area contributed by atoms with Crippen molar-refractivity contribution in [2.24, 2.45) is 14.1 Å². The molecule has 2 N–H and O–H groups in total. The van der Waals surface area contributed by atoms with E-state index in [1.54, 1.807) is 13.3 Å². The topological polar surface area (TPSA) is 146 Å². The molecule has 0 aliphatic carbocycles. The number of methoxy groups -OCH3 is 1. The fourth-order valence-electron chi connectivity index (χ4n) is 5.16. The zero-order valence-electron chi connectivity index (χ0n) is 26.9. The predicted molar refractivity (Wildman–Crippen MR) is 174 cm³/mol. The third kappa shape index (κ3) is 8.20. The van der Waals surface area contributed by atoms with Crippen molar-refractivity contribution in [1.82, 2.24) is 34.4 Å². The SMILES string of the molecule is COc1nc(-c2cccc(-c3ccc[c-]c3C)c2Cl)cnc1CN[C@H]1CCOC[C@H]1O.Cn1c(=O)c2[c-]nc(C(F)F)nc2n(C)c1=O.[Mn+2]. The van der Waals surface area contributed by atoms with Gasteiger partial charge in [-0.15, -0.1) is 5.56 Å². The van der Waals surface area contributed by atoms with E-state index < -0.39 is 29.6 Å². The molecular formula is C33H32ClF2MnN7O5. The first kappa shape index (κ1) is 37.7. The fraction of sp³-hybridized carbons (Fsp3) is 0.333. The monoisotopic (exact) mass is 734 g/mol. The minimum absolute atomic E-state index is 0.